The fourth-order valence-corrected chi connectivity index (χ4v) is 10.8. The van der Waals surface area contributed by atoms with E-state index in [4.69, 9.17) is 23.7 Å². The molecule has 5 heterocycles. The third-order valence-corrected chi connectivity index (χ3v) is 15.7. The second-order valence-electron chi connectivity index (χ2n) is 20.0. The SMILES string of the molecule is CC=C1C[C@H]2C=Nc3cc(OCCCCCOc4cc5c(cc4C)C(=O)N4CC(=CC)C[C@H]4[C@H](O)N5C(=O)OCc4ccc(NCC(=O)CCOCCCC(=O)CCN5C(=O)CC(SC)C5=O)cc4)c(OC)cc3C(=O)N2C1. The van der Waals surface area contributed by atoms with Crippen molar-refractivity contribution in [2.75, 3.05) is 76.2 Å². The van der Waals surface area contributed by atoms with E-state index in [1.54, 1.807) is 66.8 Å². The van der Waals surface area contributed by atoms with Gasteiger partial charge in [-0.15, -0.1) is 0 Å². The highest BCUT2D eigenvalue weighted by Gasteiger charge is 2.46. The second-order valence-corrected chi connectivity index (χ2v) is 21.0. The molecule has 0 aliphatic carbocycles. The summed E-state index contributed by atoms with van der Waals surface area (Å²) in [5, 5.41) is 14.7. The number of fused-ring (bicyclic) bond motifs is 4. The van der Waals surface area contributed by atoms with Crippen molar-refractivity contribution in [2.45, 2.75) is 115 Å². The molecule has 3 fully saturated rings. The number of Topliss-reactive ketones (excluding diaryl/α,β-unsaturated/α-hetero) is 2. The van der Waals surface area contributed by atoms with Crippen molar-refractivity contribution in [3.05, 3.63) is 94.1 Å². The monoisotopic (exact) mass is 1090 g/mol. The molecule has 20 heteroatoms. The lowest BCUT2D eigenvalue weighted by molar-refractivity contribution is -0.138. The van der Waals surface area contributed by atoms with Crippen LogP contribution in [0.5, 0.6) is 17.2 Å². The van der Waals surface area contributed by atoms with Crippen molar-refractivity contribution in [1.29, 1.82) is 0 Å². The lowest BCUT2D eigenvalue weighted by Gasteiger charge is -2.31. The number of hydrogen-bond donors (Lipinski definition) is 2. The van der Waals surface area contributed by atoms with Crippen LogP contribution in [-0.2, 0) is 35.3 Å². The molecule has 19 nitrogen and oxygen atoms in total. The minimum atomic E-state index is -1.42. The first-order chi connectivity index (χ1) is 37.7. The number of rotatable bonds is 25. The van der Waals surface area contributed by atoms with Crippen molar-refractivity contribution in [3.8, 4) is 17.2 Å². The number of allylic oxidation sites excluding steroid dienone is 2. The van der Waals surface area contributed by atoms with E-state index < -0.39 is 18.4 Å². The number of nitrogens with one attached hydrogen (secondary N) is 1. The predicted molar refractivity (Wildman–Crippen MR) is 295 cm³/mol. The number of thioether (sulfide) groups is 1. The standard InChI is InChI=1S/C58H70N6O13S/c1-6-37-25-41-31-60-46-28-51(50(73-4)27-44(46)54(68)62(41)33-37)76-22-10-8-9-21-75-49-29-47-45(24-36(49)3)55(69)63-34-38(7-2)26-48(63)56(70)64(47)58(72)77-35-39-13-15-40(16-14-39)59-32-43(66)18-23-74-20-11-12-42(65)17-19-61-53(67)30-52(78-5)57(61)71/h6-7,13-16,24,27-29,31,41,48,52,56,59,70H,8-12,17-23,25-26,30,32-35H2,1-5H3/t41-,48-,52?,56-/m0/s1. The number of carbonyl (C=O) groups is 7. The van der Waals surface area contributed by atoms with Crippen molar-refractivity contribution < 1.29 is 62.4 Å². The summed E-state index contributed by atoms with van der Waals surface area (Å²) in [6.07, 6.45) is 9.81. The summed E-state index contributed by atoms with van der Waals surface area (Å²) in [7, 11) is 1.55. The molecule has 416 valence electrons. The quantitative estimate of drug-likeness (QED) is 0.0470. The van der Waals surface area contributed by atoms with E-state index >= 15 is 0 Å². The summed E-state index contributed by atoms with van der Waals surface area (Å²) in [5.41, 5.74) is 5.65. The first-order valence-electron chi connectivity index (χ1n) is 26.7. The molecule has 3 aromatic rings. The Bertz CT molecular complexity index is 2850. The van der Waals surface area contributed by atoms with Gasteiger partial charge in [-0.2, -0.15) is 11.8 Å². The Labute approximate surface area is 459 Å². The minimum Gasteiger partial charge on any atom is -0.493 e. The predicted octanol–water partition coefficient (Wildman–Crippen LogP) is 7.76. The lowest BCUT2D eigenvalue weighted by Crippen LogP contribution is -2.50. The third-order valence-electron chi connectivity index (χ3n) is 14.8. The number of methoxy groups -OCH3 is 1. The zero-order valence-corrected chi connectivity index (χ0v) is 45.9. The average molecular weight is 1090 g/mol. The van der Waals surface area contributed by atoms with Crippen molar-refractivity contribution in [3.63, 3.8) is 0 Å². The number of aryl methyl sites for hydroxylation is 1. The number of carbonyl (C=O) groups excluding carboxylic acids is 7. The molecule has 0 aromatic heterocycles. The van der Waals surface area contributed by atoms with Gasteiger partial charge in [-0.3, -0.25) is 38.7 Å². The van der Waals surface area contributed by atoms with E-state index in [1.165, 1.54) is 22.2 Å². The molecule has 0 bridgehead atoms. The smallest absolute Gasteiger partial charge is 0.416 e. The molecular formula is C58H70N6O13S. The number of aliphatic hydroxyl groups excluding tert-OH is 1. The highest BCUT2D eigenvalue weighted by Crippen LogP contribution is 2.41. The van der Waals surface area contributed by atoms with Crippen LogP contribution in [0, 0.1) is 6.92 Å². The highest BCUT2D eigenvalue weighted by molar-refractivity contribution is 8.00. The second kappa shape index (κ2) is 26.5. The summed E-state index contributed by atoms with van der Waals surface area (Å²) in [6, 6.07) is 13.0. The number of amides is 5. The van der Waals surface area contributed by atoms with Gasteiger partial charge in [0.2, 0.25) is 11.8 Å². The lowest BCUT2D eigenvalue weighted by atomic mass is 10.1. The van der Waals surface area contributed by atoms with E-state index in [0.717, 1.165) is 23.3 Å². The first kappa shape index (κ1) is 57.2. The van der Waals surface area contributed by atoms with Gasteiger partial charge in [0, 0.05) is 76.0 Å². The van der Waals surface area contributed by atoms with Crippen LogP contribution < -0.4 is 24.4 Å². The Balaban J connectivity index is 0.791. The molecule has 4 atom stereocenters. The van der Waals surface area contributed by atoms with Gasteiger partial charge in [0.25, 0.3) is 11.8 Å². The van der Waals surface area contributed by atoms with Crippen molar-refractivity contribution >= 4 is 76.3 Å². The fourth-order valence-electron chi connectivity index (χ4n) is 10.2. The number of ketones is 2. The van der Waals surface area contributed by atoms with E-state index in [9.17, 15) is 38.7 Å². The van der Waals surface area contributed by atoms with Gasteiger partial charge in [0.15, 0.2) is 23.5 Å². The van der Waals surface area contributed by atoms with Crippen molar-refractivity contribution in [1.82, 2.24) is 14.7 Å². The maximum atomic E-state index is 14.2. The maximum absolute atomic E-state index is 14.2. The molecule has 78 heavy (non-hydrogen) atoms. The normalized spacial score (nSPS) is 20.6. The van der Waals surface area contributed by atoms with E-state index in [0.29, 0.717) is 104 Å². The van der Waals surface area contributed by atoms with Gasteiger partial charge in [0.1, 0.15) is 18.1 Å². The minimum absolute atomic E-state index is 0.0553. The Morgan fingerprint density at radius 1 is 0.782 bits per heavy atom. The van der Waals surface area contributed by atoms with Crippen molar-refractivity contribution in [2.24, 2.45) is 4.99 Å². The molecule has 5 aliphatic rings. The average Bonchev–Trinajstić information content (AvgIpc) is 4.30. The van der Waals surface area contributed by atoms with Crippen LogP contribution in [0.3, 0.4) is 0 Å². The highest BCUT2D eigenvalue weighted by atomic mass is 32.2. The zero-order chi connectivity index (χ0) is 55.5. The number of benzene rings is 3. The van der Waals surface area contributed by atoms with Crippen LogP contribution in [-0.4, -0.2) is 157 Å². The van der Waals surface area contributed by atoms with E-state index in [-0.39, 0.29) is 110 Å². The van der Waals surface area contributed by atoms with Crippen LogP contribution in [0.25, 0.3) is 0 Å². The molecule has 0 saturated carbocycles. The van der Waals surface area contributed by atoms with E-state index in [1.807, 2.05) is 38.0 Å². The Morgan fingerprint density at radius 3 is 2.22 bits per heavy atom. The molecule has 0 spiro atoms. The number of ether oxygens (including phenoxy) is 5. The molecule has 1 unspecified atom stereocenters. The molecule has 5 amide bonds. The summed E-state index contributed by atoms with van der Waals surface area (Å²) in [5.74, 6) is 0.425. The van der Waals surface area contributed by atoms with Gasteiger partial charge >= 0.3 is 6.09 Å². The number of anilines is 2. The van der Waals surface area contributed by atoms with Crippen LogP contribution in [0.15, 0.2) is 76.8 Å². The number of aliphatic hydroxyl groups is 1. The largest absolute Gasteiger partial charge is 0.493 e. The number of unbranched alkanes of at least 4 members (excludes halogenated alkanes) is 2. The molecule has 2 N–H and O–H groups in total. The molecule has 3 aromatic carbocycles. The van der Waals surface area contributed by atoms with Crippen LogP contribution in [0.4, 0.5) is 21.9 Å². The molecule has 8 rings (SSSR count). The Morgan fingerprint density at radius 2 is 1.50 bits per heavy atom. The van der Waals surface area contributed by atoms with Gasteiger partial charge in [-0.1, -0.05) is 35.4 Å². The van der Waals surface area contributed by atoms with Crippen LogP contribution >= 0.6 is 11.8 Å². The zero-order valence-electron chi connectivity index (χ0n) is 45.1. The molecule has 3 saturated heterocycles. The topological polar surface area (TPSA) is 223 Å². The van der Waals surface area contributed by atoms with Gasteiger partial charge in [-0.05, 0) is 101 Å². The molecule has 5 aliphatic heterocycles. The first-order valence-corrected chi connectivity index (χ1v) is 28.0. The Hall–Kier alpha value is -7.03. The molecule has 0 radical (unpaired) electrons. The van der Waals surface area contributed by atoms with Gasteiger partial charge < -0.3 is 43.9 Å². The van der Waals surface area contributed by atoms with Crippen LogP contribution in [0.2, 0.25) is 0 Å². The number of nitrogens with zero attached hydrogens (tertiary/aromatic N) is 5. The molecular weight excluding hydrogens is 1020 g/mol. The van der Waals surface area contributed by atoms with Crippen LogP contribution in [0.1, 0.15) is 110 Å². The Kier molecular flexibility index (Phi) is 19.5. The van der Waals surface area contributed by atoms with E-state index in [2.05, 4.69) is 16.4 Å². The number of hydrogen-bond acceptors (Lipinski definition) is 16. The van der Waals surface area contributed by atoms with Gasteiger partial charge in [0.05, 0.1) is 73.3 Å². The maximum Gasteiger partial charge on any atom is 0.416 e. The summed E-state index contributed by atoms with van der Waals surface area (Å²) < 4.78 is 29.5. The summed E-state index contributed by atoms with van der Waals surface area (Å²) in [6.45, 7) is 7.86. The fraction of sp³-hybridized carbons (Fsp3) is 0.483. The summed E-state index contributed by atoms with van der Waals surface area (Å²) in [4.78, 5) is 102. The summed E-state index contributed by atoms with van der Waals surface area (Å²) >= 11 is 1.34. The third kappa shape index (κ3) is 13.4. The van der Waals surface area contributed by atoms with Gasteiger partial charge in [-0.25, -0.2) is 9.69 Å². The number of aliphatic imine (C=N–C) groups is 1. The number of imide groups is 1. The number of likely N-dealkylation sites (tertiary alicyclic amines) is 1.